The van der Waals surface area contributed by atoms with Gasteiger partial charge in [-0.15, -0.1) is 0 Å². The second-order valence-electron chi connectivity index (χ2n) is 7.67. The molecule has 2 aromatic carbocycles. The fraction of sp³-hybridized carbons (Fsp3) is 0.455. The topological polar surface area (TPSA) is 79.2 Å². The molecule has 0 radical (unpaired) electrons. The highest BCUT2D eigenvalue weighted by Crippen LogP contribution is 2.38. The van der Waals surface area contributed by atoms with Gasteiger partial charge in [0.15, 0.2) is 0 Å². The van der Waals surface area contributed by atoms with Crippen LogP contribution < -0.4 is 4.74 Å². The Labute approximate surface area is 170 Å². The molecule has 1 saturated heterocycles. The van der Waals surface area contributed by atoms with Gasteiger partial charge in [-0.2, -0.15) is 0 Å². The summed E-state index contributed by atoms with van der Waals surface area (Å²) < 4.78 is 11.4. The first-order valence-corrected chi connectivity index (χ1v) is 9.83. The molecule has 0 amide bonds. The lowest BCUT2D eigenvalue weighted by Gasteiger charge is -2.45. The molecule has 0 saturated carbocycles. The minimum atomic E-state index is -1.29. The lowest BCUT2D eigenvalue weighted by molar-refractivity contribution is -0.259. The molecular formula is C22H27ClO5. The third kappa shape index (κ3) is 4.34. The quantitative estimate of drug-likeness (QED) is 0.710. The Kier molecular flexibility index (Phi) is 6.32. The number of rotatable bonds is 5. The number of hydrogen-bond acceptors (Lipinski definition) is 5. The van der Waals surface area contributed by atoms with E-state index in [9.17, 15) is 15.3 Å². The van der Waals surface area contributed by atoms with Crippen molar-refractivity contribution < 1.29 is 24.8 Å². The molecule has 0 aliphatic carbocycles. The van der Waals surface area contributed by atoms with Crippen molar-refractivity contribution in [3.05, 3.63) is 64.2 Å². The maximum absolute atomic E-state index is 10.4. The third-order valence-corrected chi connectivity index (χ3v) is 5.52. The van der Waals surface area contributed by atoms with Gasteiger partial charge in [-0.05, 0) is 62.1 Å². The summed E-state index contributed by atoms with van der Waals surface area (Å²) in [5.74, 6) is 0.819. The van der Waals surface area contributed by atoms with Crippen LogP contribution in [0.25, 0.3) is 0 Å². The van der Waals surface area contributed by atoms with E-state index in [2.05, 4.69) is 0 Å². The molecule has 4 atom stereocenters. The predicted octanol–water partition coefficient (Wildman–Crippen LogP) is 3.26. The maximum atomic E-state index is 10.4. The first kappa shape index (κ1) is 21.1. The summed E-state index contributed by atoms with van der Waals surface area (Å²) in [6, 6.07) is 13.2. The molecule has 1 aliphatic heterocycles. The molecule has 3 N–H and O–H groups in total. The van der Waals surface area contributed by atoms with Crippen LogP contribution in [-0.2, 0) is 11.2 Å². The molecule has 5 nitrogen and oxygen atoms in total. The molecule has 0 aromatic heterocycles. The number of hydrogen-bond donors (Lipinski definition) is 3. The molecule has 0 spiro atoms. The lowest BCUT2D eigenvalue weighted by atomic mass is 9.85. The Bertz CT molecular complexity index is 805. The normalized spacial score (nSPS) is 26.8. The molecule has 0 bridgehead atoms. The van der Waals surface area contributed by atoms with Crippen LogP contribution in [0.5, 0.6) is 5.75 Å². The van der Waals surface area contributed by atoms with E-state index in [0.717, 1.165) is 16.9 Å². The van der Waals surface area contributed by atoms with Crippen LogP contribution in [0, 0.1) is 0 Å². The Hall–Kier alpha value is -1.63. The third-order valence-electron chi connectivity index (χ3n) is 5.15. The SMILES string of the molecule is CCOc1ccc(Cc2cc([C@@H]3OC(C)(C)[C@@H](O)[C@H](O)[C@H]3O)ccc2Cl)cc1. The largest absolute Gasteiger partial charge is 0.494 e. The van der Waals surface area contributed by atoms with Crippen molar-refractivity contribution >= 4 is 11.6 Å². The zero-order chi connectivity index (χ0) is 20.5. The van der Waals surface area contributed by atoms with Crippen LogP contribution in [0.2, 0.25) is 5.02 Å². The fourth-order valence-electron chi connectivity index (χ4n) is 3.51. The molecule has 1 aliphatic rings. The van der Waals surface area contributed by atoms with Crippen LogP contribution in [-0.4, -0.2) is 45.8 Å². The van der Waals surface area contributed by atoms with Gasteiger partial charge in [0, 0.05) is 5.02 Å². The average molecular weight is 407 g/mol. The van der Waals surface area contributed by atoms with Gasteiger partial charge < -0.3 is 24.8 Å². The molecule has 3 rings (SSSR count). The van der Waals surface area contributed by atoms with Gasteiger partial charge in [0.2, 0.25) is 0 Å². The van der Waals surface area contributed by atoms with Gasteiger partial charge in [-0.25, -0.2) is 0 Å². The minimum Gasteiger partial charge on any atom is -0.494 e. The summed E-state index contributed by atoms with van der Waals surface area (Å²) >= 11 is 6.39. The Morgan fingerprint density at radius 2 is 1.71 bits per heavy atom. The Morgan fingerprint density at radius 3 is 2.36 bits per heavy atom. The number of halogens is 1. The molecule has 152 valence electrons. The zero-order valence-electron chi connectivity index (χ0n) is 16.3. The van der Waals surface area contributed by atoms with Gasteiger partial charge in [0.05, 0.1) is 12.2 Å². The van der Waals surface area contributed by atoms with Crippen molar-refractivity contribution in [2.24, 2.45) is 0 Å². The molecule has 6 heteroatoms. The smallest absolute Gasteiger partial charge is 0.119 e. The van der Waals surface area contributed by atoms with Gasteiger partial charge in [-0.1, -0.05) is 35.9 Å². The standard InChI is InChI=1S/C22H27ClO5/c1-4-27-16-8-5-13(6-9-16)11-15-12-14(7-10-17(15)23)20-18(24)19(25)21(26)22(2,3)28-20/h5-10,12,18-21,24-26H,4,11H2,1-3H3/t18-,19-,20+,21+/m1/s1. The van der Waals surface area contributed by atoms with Crippen molar-refractivity contribution in [2.75, 3.05) is 6.61 Å². The zero-order valence-corrected chi connectivity index (χ0v) is 17.1. The monoisotopic (exact) mass is 406 g/mol. The minimum absolute atomic E-state index is 0.608. The Balaban J connectivity index is 1.85. The van der Waals surface area contributed by atoms with Crippen molar-refractivity contribution in [1.29, 1.82) is 0 Å². The molecule has 1 heterocycles. The van der Waals surface area contributed by atoms with E-state index < -0.39 is 30.0 Å². The van der Waals surface area contributed by atoms with E-state index in [0.29, 0.717) is 23.6 Å². The van der Waals surface area contributed by atoms with Crippen LogP contribution >= 0.6 is 11.6 Å². The van der Waals surface area contributed by atoms with Crippen molar-refractivity contribution in [2.45, 2.75) is 57.2 Å². The van der Waals surface area contributed by atoms with E-state index in [4.69, 9.17) is 21.1 Å². The van der Waals surface area contributed by atoms with Crippen LogP contribution in [0.1, 0.15) is 43.6 Å². The summed E-state index contributed by atoms with van der Waals surface area (Å²) in [5, 5.41) is 31.4. The molecule has 2 aromatic rings. The predicted molar refractivity (Wildman–Crippen MR) is 108 cm³/mol. The maximum Gasteiger partial charge on any atom is 0.119 e. The van der Waals surface area contributed by atoms with E-state index >= 15 is 0 Å². The molecular weight excluding hydrogens is 380 g/mol. The van der Waals surface area contributed by atoms with Gasteiger partial charge in [0.1, 0.15) is 30.2 Å². The summed E-state index contributed by atoms with van der Waals surface area (Å²) in [5.41, 5.74) is 1.68. The van der Waals surface area contributed by atoms with Crippen LogP contribution in [0.15, 0.2) is 42.5 Å². The summed E-state index contributed by atoms with van der Waals surface area (Å²) in [7, 11) is 0. The second kappa shape index (κ2) is 8.39. The number of ether oxygens (including phenoxy) is 2. The first-order chi connectivity index (χ1) is 13.2. The van der Waals surface area contributed by atoms with E-state index in [1.807, 2.05) is 37.3 Å². The van der Waals surface area contributed by atoms with Gasteiger partial charge >= 0.3 is 0 Å². The van der Waals surface area contributed by atoms with Gasteiger partial charge in [0.25, 0.3) is 0 Å². The number of aliphatic hydroxyl groups excluding tert-OH is 3. The average Bonchev–Trinajstić information content (AvgIpc) is 2.67. The second-order valence-corrected chi connectivity index (χ2v) is 8.08. The van der Waals surface area contributed by atoms with E-state index in [1.54, 1.807) is 26.0 Å². The highest BCUT2D eigenvalue weighted by Gasteiger charge is 2.48. The highest BCUT2D eigenvalue weighted by atomic mass is 35.5. The fourth-order valence-corrected chi connectivity index (χ4v) is 3.69. The summed E-state index contributed by atoms with van der Waals surface area (Å²) in [6.07, 6.45) is -3.85. The highest BCUT2D eigenvalue weighted by molar-refractivity contribution is 6.31. The van der Waals surface area contributed by atoms with Crippen molar-refractivity contribution in [1.82, 2.24) is 0 Å². The van der Waals surface area contributed by atoms with Crippen LogP contribution in [0.3, 0.4) is 0 Å². The van der Waals surface area contributed by atoms with E-state index in [1.165, 1.54) is 0 Å². The number of benzene rings is 2. The van der Waals surface area contributed by atoms with E-state index in [-0.39, 0.29) is 0 Å². The summed E-state index contributed by atoms with van der Waals surface area (Å²) in [6.45, 7) is 5.94. The molecule has 0 unspecified atom stereocenters. The van der Waals surface area contributed by atoms with Crippen LogP contribution in [0.4, 0.5) is 0 Å². The molecule has 28 heavy (non-hydrogen) atoms. The van der Waals surface area contributed by atoms with Gasteiger partial charge in [-0.3, -0.25) is 0 Å². The first-order valence-electron chi connectivity index (χ1n) is 9.45. The summed E-state index contributed by atoms with van der Waals surface area (Å²) in [4.78, 5) is 0. The number of aliphatic hydroxyl groups is 3. The Morgan fingerprint density at radius 1 is 1.04 bits per heavy atom. The molecule has 1 fully saturated rings. The van der Waals surface area contributed by atoms with Crippen molar-refractivity contribution in [3.8, 4) is 5.75 Å². The lowest BCUT2D eigenvalue weighted by Crippen LogP contribution is -2.58. The van der Waals surface area contributed by atoms with Crippen molar-refractivity contribution in [3.63, 3.8) is 0 Å².